The van der Waals surface area contributed by atoms with Gasteiger partial charge in [-0.3, -0.25) is 4.79 Å². The third-order valence-corrected chi connectivity index (χ3v) is 5.42. The van der Waals surface area contributed by atoms with Gasteiger partial charge in [-0.25, -0.2) is 4.79 Å². The van der Waals surface area contributed by atoms with Gasteiger partial charge in [0.15, 0.2) is 0 Å². The van der Waals surface area contributed by atoms with Gasteiger partial charge in [-0.1, -0.05) is 6.58 Å². The number of hydrogen-bond donors (Lipinski definition) is 1. The molecule has 4 aliphatic carbocycles. The molecule has 0 aromatic carbocycles. The lowest BCUT2D eigenvalue weighted by Crippen LogP contribution is -2.60. The van der Waals surface area contributed by atoms with Gasteiger partial charge in [-0.15, -0.1) is 0 Å². The van der Waals surface area contributed by atoms with Gasteiger partial charge in [0.1, 0.15) is 5.60 Å². The summed E-state index contributed by atoms with van der Waals surface area (Å²) in [7, 11) is 0. The van der Waals surface area contributed by atoms with Crippen LogP contribution in [0.15, 0.2) is 12.2 Å². The quantitative estimate of drug-likeness (QED) is 0.625. The molecule has 5 fully saturated rings. The van der Waals surface area contributed by atoms with Crippen LogP contribution in [0.2, 0.25) is 0 Å². The normalized spacial score (nSPS) is 40.2. The minimum Gasteiger partial charge on any atom is -0.466 e. The molecule has 0 radical (unpaired) electrons. The molecule has 5 rings (SSSR count). The summed E-state index contributed by atoms with van der Waals surface area (Å²) in [5.74, 6) is 0.740. The summed E-state index contributed by atoms with van der Waals surface area (Å²) in [4.78, 5) is 21.7. The zero-order valence-electron chi connectivity index (χ0n) is 13.8. The van der Waals surface area contributed by atoms with Crippen LogP contribution in [0.3, 0.4) is 0 Å². The topological polar surface area (TPSA) is 72.8 Å². The number of carbonyl (C=O) groups is 2. The average Bonchev–Trinajstić information content (AvgIpc) is 2.86. The third-order valence-electron chi connectivity index (χ3n) is 5.42. The summed E-state index contributed by atoms with van der Waals surface area (Å²) in [6, 6.07) is 0. The van der Waals surface area contributed by atoms with E-state index in [0.717, 1.165) is 32.1 Å². The van der Waals surface area contributed by atoms with E-state index in [1.807, 2.05) is 0 Å². The molecule has 0 aromatic rings. The van der Waals surface area contributed by atoms with Gasteiger partial charge in [-0.2, -0.15) is 0 Å². The molecule has 4 saturated carbocycles. The van der Waals surface area contributed by atoms with Gasteiger partial charge in [0.25, 0.3) is 0 Å². The number of aliphatic hydroxyl groups is 1. The van der Waals surface area contributed by atoms with Crippen LogP contribution < -0.4 is 0 Å². The first kappa shape index (κ1) is 16.5. The maximum Gasteiger partial charge on any atom is 0.333 e. The molecule has 0 amide bonds. The number of ether oxygens (including phenoxy) is 2. The van der Waals surface area contributed by atoms with Crippen LogP contribution in [-0.4, -0.2) is 34.9 Å². The fraction of sp³-hybridized carbons (Fsp3) is 0.778. The molecule has 1 aliphatic heterocycles. The largest absolute Gasteiger partial charge is 0.466 e. The highest BCUT2D eigenvalue weighted by Gasteiger charge is 2.59. The van der Waals surface area contributed by atoms with Crippen molar-refractivity contribution in [3.8, 4) is 0 Å². The summed E-state index contributed by atoms with van der Waals surface area (Å²) < 4.78 is 10.2. The first-order valence-electron chi connectivity index (χ1n) is 8.56. The van der Waals surface area contributed by atoms with Crippen molar-refractivity contribution < 1.29 is 24.2 Å². The number of esters is 2. The molecule has 2 unspecified atom stereocenters. The fourth-order valence-corrected chi connectivity index (χ4v) is 5.01. The highest BCUT2D eigenvalue weighted by atomic mass is 16.6. The van der Waals surface area contributed by atoms with E-state index in [-0.39, 0.29) is 11.9 Å². The summed E-state index contributed by atoms with van der Waals surface area (Å²) in [5.41, 5.74) is -0.512. The lowest BCUT2D eigenvalue weighted by atomic mass is 9.52. The zero-order valence-corrected chi connectivity index (χ0v) is 13.8. The number of carbonyl (C=O) groups excluding carboxylic acids is 2. The van der Waals surface area contributed by atoms with Crippen LogP contribution in [0.1, 0.15) is 58.3 Å². The van der Waals surface area contributed by atoms with Gasteiger partial charge < -0.3 is 14.6 Å². The van der Waals surface area contributed by atoms with Gasteiger partial charge in [0.2, 0.25) is 0 Å². The number of hydrogen-bond acceptors (Lipinski definition) is 5. The van der Waals surface area contributed by atoms with E-state index in [0.29, 0.717) is 36.9 Å². The predicted molar refractivity (Wildman–Crippen MR) is 83.5 cm³/mol. The zero-order chi connectivity index (χ0) is 16.7. The molecule has 128 valence electrons. The predicted octanol–water partition coefficient (Wildman–Crippen LogP) is 2.51. The molecule has 5 aliphatic rings. The Morgan fingerprint density at radius 2 is 1.96 bits per heavy atom. The maximum absolute atomic E-state index is 11.7. The van der Waals surface area contributed by atoms with Crippen molar-refractivity contribution in [1.29, 1.82) is 0 Å². The second kappa shape index (κ2) is 5.93. The van der Waals surface area contributed by atoms with Crippen molar-refractivity contribution >= 4 is 11.9 Å². The summed E-state index contributed by atoms with van der Waals surface area (Å²) in [5, 5.41) is 10.5. The molecular weight excluding hydrogens is 296 g/mol. The van der Waals surface area contributed by atoms with Gasteiger partial charge in [0.05, 0.1) is 12.2 Å². The average molecular weight is 322 g/mol. The first-order valence-corrected chi connectivity index (χ1v) is 8.56. The molecule has 0 spiro atoms. The van der Waals surface area contributed by atoms with Gasteiger partial charge in [-0.05, 0) is 57.3 Å². The molecule has 1 heterocycles. The van der Waals surface area contributed by atoms with Gasteiger partial charge in [0, 0.05) is 18.4 Å². The Balaban J connectivity index is 0.000000220. The van der Waals surface area contributed by atoms with Gasteiger partial charge >= 0.3 is 11.9 Å². The van der Waals surface area contributed by atoms with Crippen molar-refractivity contribution in [2.24, 2.45) is 11.8 Å². The molecule has 23 heavy (non-hydrogen) atoms. The molecule has 4 bridgehead atoms. The highest BCUT2D eigenvalue weighted by Crippen LogP contribution is 2.58. The lowest BCUT2D eigenvalue weighted by Gasteiger charge is -2.59. The van der Waals surface area contributed by atoms with Crippen molar-refractivity contribution in [3.05, 3.63) is 12.2 Å². The Morgan fingerprint density at radius 1 is 1.30 bits per heavy atom. The third kappa shape index (κ3) is 3.60. The first-order chi connectivity index (χ1) is 10.8. The van der Waals surface area contributed by atoms with Crippen molar-refractivity contribution in [3.63, 3.8) is 0 Å². The van der Waals surface area contributed by atoms with Crippen LogP contribution in [0.5, 0.6) is 0 Å². The van der Waals surface area contributed by atoms with Crippen LogP contribution in [-0.2, 0) is 19.1 Å². The van der Waals surface area contributed by atoms with Crippen molar-refractivity contribution in [2.75, 3.05) is 6.61 Å². The molecule has 2 atom stereocenters. The van der Waals surface area contributed by atoms with Crippen LogP contribution in [0.25, 0.3) is 0 Å². The summed E-state index contributed by atoms with van der Waals surface area (Å²) >= 11 is 0. The Kier molecular flexibility index (Phi) is 4.25. The second-order valence-electron chi connectivity index (χ2n) is 7.86. The van der Waals surface area contributed by atoms with E-state index < -0.39 is 11.2 Å². The Labute approximate surface area is 137 Å². The highest BCUT2D eigenvalue weighted by molar-refractivity contribution is 5.87. The number of rotatable bonds is 2. The smallest absolute Gasteiger partial charge is 0.333 e. The Bertz CT molecular complexity index is 502. The minimum atomic E-state index is -0.570. The van der Waals surface area contributed by atoms with Crippen molar-refractivity contribution in [2.45, 2.75) is 69.5 Å². The summed E-state index contributed by atoms with van der Waals surface area (Å²) in [6.45, 7) is 5.95. The van der Waals surface area contributed by atoms with E-state index in [2.05, 4.69) is 11.3 Å². The standard InChI is InChI=1S/C14H20O3.C4H6O2/c1-9(2)12(15)17-14-6-10-3-11(7-14)5-13(16,4-10)8-14;5-4-2-1-3-6-4/h10-11,16H,1,3-8H2,2H3;1-3H2. The Morgan fingerprint density at radius 3 is 2.35 bits per heavy atom. The van der Waals surface area contributed by atoms with E-state index in [1.165, 1.54) is 6.42 Å². The molecule has 0 aromatic heterocycles. The maximum atomic E-state index is 11.7. The van der Waals surface area contributed by atoms with E-state index in [9.17, 15) is 14.7 Å². The fourth-order valence-electron chi connectivity index (χ4n) is 5.01. The van der Waals surface area contributed by atoms with Crippen LogP contribution in [0.4, 0.5) is 0 Å². The van der Waals surface area contributed by atoms with Crippen molar-refractivity contribution in [1.82, 2.24) is 0 Å². The molecule has 1 N–H and O–H groups in total. The molecule has 5 nitrogen and oxygen atoms in total. The second-order valence-corrected chi connectivity index (χ2v) is 7.86. The molecular formula is C18H26O5. The van der Waals surface area contributed by atoms with E-state index >= 15 is 0 Å². The monoisotopic (exact) mass is 322 g/mol. The minimum absolute atomic E-state index is 0.0463. The van der Waals surface area contributed by atoms with Crippen LogP contribution >= 0.6 is 0 Å². The van der Waals surface area contributed by atoms with Crippen LogP contribution in [0, 0.1) is 11.8 Å². The SMILES string of the molecule is C=C(C)C(=O)OC12CC3CC(CC(O)(C3)C1)C2.O=C1CCCO1. The van der Waals surface area contributed by atoms with E-state index in [4.69, 9.17) is 4.74 Å². The molecule has 1 saturated heterocycles. The van der Waals surface area contributed by atoms with E-state index in [1.54, 1.807) is 6.92 Å². The molecule has 5 heteroatoms. The summed E-state index contributed by atoms with van der Waals surface area (Å²) in [6.07, 6.45) is 7.04. The Hall–Kier alpha value is -1.36. The lowest BCUT2D eigenvalue weighted by molar-refractivity contribution is -0.217. The number of cyclic esters (lactones) is 1.